The third kappa shape index (κ3) is 6.17. The van der Waals surface area contributed by atoms with Crippen molar-refractivity contribution in [1.29, 1.82) is 0 Å². The molecule has 0 heterocycles. The Bertz CT molecular complexity index is 3300. The van der Waals surface area contributed by atoms with Crippen molar-refractivity contribution in [3.05, 3.63) is 288 Å². The first-order valence-corrected chi connectivity index (χ1v) is 23.0. The first kappa shape index (κ1) is 39.4. The first-order valence-electron chi connectivity index (χ1n) is 23.0. The molecule has 2 aliphatic carbocycles. The van der Waals surface area contributed by atoms with E-state index in [4.69, 9.17) is 0 Å². The molecule has 10 aromatic carbocycles. The van der Waals surface area contributed by atoms with Gasteiger partial charge in [0.2, 0.25) is 0 Å². The average molecular weight is 845 g/mol. The van der Waals surface area contributed by atoms with Gasteiger partial charge in [0.05, 0.1) is 5.41 Å². The van der Waals surface area contributed by atoms with Gasteiger partial charge in [0.1, 0.15) is 0 Å². The van der Waals surface area contributed by atoms with Crippen molar-refractivity contribution in [3.8, 4) is 33.4 Å². The first-order chi connectivity index (χ1) is 32.5. The Balaban J connectivity index is 1.02. The van der Waals surface area contributed by atoms with Crippen LogP contribution in [0, 0.1) is 0 Å². The number of anilines is 6. The monoisotopic (exact) mass is 844 g/mol. The van der Waals surface area contributed by atoms with E-state index in [1.54, 1.807) is 0 Å². The zero-order valence-electron chi connectivity index (χ0n) is 37.1. The minimum atomic E-state index is -0.518. The molecule has 0 bridgehead atoms. The summed E-state index contributed by atoms with van der Waals surface area (Å²) in [7, 11) is 0. The number of hydrogen-bond donors (Lipinski definition) is 0. The third-order valence-corrected chi connectivity index (χ3v) is 14.1. The quantitative estimate of drug-likeness (QED) is 0.150. The molecule has 0 radical (unpaired) electrons. The van der Waals surface area contributed by atoms with Gasteiger partial charge in [-0.05, 0) is 146 Å². The molecule has 10 aromatic rings. The van der Waals surface area contributed by atoms with Crippen molar-refractivity contribution in [2.24, 2.45) is 0 Å². The molecular weight excluding hydrogens is 797 g/mol. The van der Waals surface area contributed by atoms with E-state index in [-0.39, 0.29) is 5.41 Å². The van der Waals surface area contributed by atoms with E-state index in [2.05, 4.69) is 278 Å². The molecule has 1 atom stereocenters. The van der Waals surface area contributed by atoms with Crippen LogP contribution in [0.5, 0.6) is 0 Å². The molecule has 2 nitrogen and oxygen atoms in total. The van der Waals surface area contributed by atoms with Crippen LogP contribution < -0.4 is 9.80 Å². The Morgan fingerprint density at radius 2 is 0.682 bits per heavy atom. The van der Waals surface area contributed by atoms with Crippen LogP contribution in [0.3, 0.4) is 0 Å². The van der Waals surface area contributed by atoms with Gasteiger partial charge in [-0.3, -0.25) is 0 Å². The smallest absolute Gasteiger partial charge is 0.0719 e. The van der Waals surface area contributed by atoms with Crippen LogP contribution in [0.1, 0.15) is 47.2 Å². The van der Waals surface area contributed by atoms with E-state index in [1.807, 2.05) is 0 Å². The molecule has 0 aliphatic heterocycles. The van der Waals surface area contributed by atoms with Gasteiger partial charge in [0.25, 0.3) is 0 Å². The largest absolute Gasteiger partial charge is 0.311 e. The summed E-state index contributed by atoms with van der Waals surface area (Å²) in [5.74, 6) is 0. The van der Waals surface area contributed by atoms with Crippen molar-refractivity contribution in [1.82, 2.24) is 0 Å². The topological polar surface area (TPSA) is 6.48 Å². The Morgan fingerprint density at radius 1 is 0.258 bits per heavy atom. The lowest BCUT2D eigenvalue weighted by Crippen LogP contribution is -2.40. The van der Waals surface area contributed by atoms with Crippen LogP contribution in [-0.4, -0.2) is 0 Å². The highest BCUT2D eigenvalue weighted by Crippen LogP contribution is 2.63. The number of nitrogens with zero attached hydrogens (tertiary/aromatic N) is 2. The van der Waals surface area contributed by atoms with Crippen LogP contribution in [-0.2, 0) is 10.8 Å². The molecule has 314 valence electrons. The van der Waals surface area contributed by atoms with Gasteiger partial charge in [0.15, 0.2) is 0 Å². The fourth-order valence-electron chi connectivity index (χ4n) is 11.2. The second-order valence-corrected chi connectivity index (χ2v) is 18.1. The summed E-state index contributed by atoms with van der Waals surface area (Å²) in [6.45, 7) is 4.83. The lowest BCUT2D eigenvalue weighted by atomic mass is 9.55. The summed E-state index contributed by atoms with van der Waals surface area (Å²) < 4.78 is 0. The van der Waals surface area contributed by atoms with Crippen LogP contribution in [0.15, 0.2) is 255 Å². The summed E-state index contributed by atoms with van der Waals surface area (Å²) >= 11 is 0. The molecule has 1 unspecified atom stereocenters. The average Bonchev–Trinajstić information content (AvgIpc) is 3.68. The molecule has 2 heteroatoms. The molecule has 0 fully saturated rings. The van der Waals surface area contributed by atoms with Crippen molar-refractivity contribution in [3.63, 3.8) is 0 Å². The number of benzene rings is 10. The van der Waals surface area contributed by atoms with Gasteiger partial charge < -0.3 is 9.80 Å². The van der Waals surface area contributed by atoms with Crippen LogP contribution >= 0.6 is 0 Å². The lowest BCUT2D eigenvalue weighted by Gasteiger charge is -2.47. The number of fused-ring (bicyclic) bond motifs is 9. The summed E-state index contributed by atoms with van der Waals surface area (Å²) in [6, 6.07) is 93.5. The molecular formula is C64H48N2. The van der Waals surface area contributed by atoms with Crippen molar-refractivity contribution < 1.29 is 0 Å². The van der Waals surface area contributed by atoms with Gasteiger partial charge in [-0.1, -0.05) is 190 Å². The highest BCUT2D eigenvalue weighted by Gasteiger charge is 2.53. The van der Waals surface area contributed by atoms with Crippen molar-refractivity contribution in [2.75, 3.05) is 9.80 Å². The van der Waals surface area contributed by atoms with Gasteiger partial charge in [0, 0.05) is 39.5 Å². The number of rotatable bonds is 8. The van der Waals surface area contributed by atoms with Gasteiger partial charge in [-0.15, -0.1) is 0 Å². The van der Waals surface area contributed by atoms with Crippen LogP contribution in [0.4, 0.5) is 34.1 Å². The summed E-state index contributed by atoms with van der Waals surface area (Å²) in [5, 5.41) is 0. The predicted molar refractivity (Wildman–Crippen MR) is 276 cm³/mol. The maximum atomic E-state index is 2.49. The highest BCUT2D eigenvalue weighted by atomic mass is 15.1. The Morgan fingerprint density at radius 3 is 1.29 bits per heavy atom. The minimum absolute atomic E-state index is 0.257. The Kier molecular flexibility index (Phi) is 9.43. The normalized spacial score (nSPS) is 15.0. The highest BCUT2D eigenvalue weighted by molar-refractivity contribution is 5.97. The van der Waals surface area contributed by atoms with Crippen molar-refractivity contribution in [2.45, 2.75) is 24.7 Å². The Labute approximate surface area is 388 Å². The van der Waals surface area contributed by atoms with E-state index in [0.717, 1.165) is 34.1 Å². The molecule has 0 saturated heterocycles. The lowest BCUT2D eigenvalue weighted by molar-refractivity contribution is 0.563. The second-order valence-electron chi connectivity index (χ2n) is 18.1. The van der Waals surface area contributed by atoms with Crippen LogP contribution in [0.2, 0.25) is 0 Å². The maximum absolute atomic E-state index is 2.49. The predicted octanol–water partition coefficient (Wildman–Crippen LogP) is 17.0. The third-order valence-electron chi connectivity index (χ3n) is 14.1. The number of hydrogen-bond acceptors (Lipinski definition) is 2. The molecule has 0 saturated carbocycles. The van der Waals surface area contributed by atoms with E-state index in [0.29, 0.717) is 0 Å². The standard InChI is InChI=1S/C64H48N2/c1-63(2)57-34-17-18-35-58(57)64(59-42-39-46(44-61(59)63)45-37-40-52(41-38-45)65(48-22-7-3-8-23-48)49-24-9-4-10-25-49)56-33-16-15-31-55(56)62-54(32-20-36-60(62)64)47-21-19-30-53(43-47)66(50-26-11-5-12-27-50)51-28-13-6-14-29-51/h3-44H,1-2H3. The molecule has 0 amide bonds. The Hall–Kier alpha value is -8.20. The molecule has 1 spiro atoms. The molecule has 0 aromatic heterocycles. The fourth-order valence-corrected chi connectivity index (χ4v) is 11.2. The van der Waals surface area contributed by atoms with E-state index < -0.39 is 5.41 Å². The second kappa shape index (κ2) is 15.8. The summed E-state index contributed by atoms with van der Waals surface area (Å²) in [4.78, 5) is 4.67. The van der Waals surface area contributed by atoms with E-state index in [1.165, 1.54) is 66.8 Å². The molecule has 0 N–H and O–H groups in total. The summed E-state index contributed by atoms with van der Waals surface area (Å²) in [5.41, 5.74) is 21.5. The molecule has 66 heavy (non-hydrogen) atoms. The van der Waals surface area contributed by atoms with Gasteiger partial charge in [-0.2, -0.15) is 0 Å². The summed E-state index contributed by atoms with van der Waals surface area (Å²) in [6.07, 6.45) is 0. The maximum Gasteiger partial charge on any atom is 0.0719 e. The molecule has 12 rings (SSSR count). The van der Waals surface area contributed by atoms with E-state index >= 15 is 0 Å². The molecule has 2 aliphatic rings. The van der Waals surface area contributed by atoms with E-state index in [9.17, 15) is 0 Å². The van der Waals surface area contributed by atoms with Crippen LogP contribution in [0.25, 0.3) is 33.4 Å². The van der Waals surface area contributed by atoms with Gasteiger partial charge >= 0.3 is 0 Å². The zero-order valence-corrected chi connectivity index (χ0v) is 37.1. The van der Waals surface area contributed by atoms with Crippen molar-refractivity contribution >= 4 is 34.1 Å². The fraction of sp³-hybridized carbons (Fsp3) is 0.0625. The number of para-hydroxylation sites is 4. The van der Waals surface area contributed by atoms with Gasteiger partial charge in [-0.25, -0.2) is 0 Å². The minimum Gasteiger partial charge on any atom is -0.311 e. The zero-order chi connectivity index (χ0) is 44.2. The SMILES string of the molecule is CC1(C)c2ccccc2C2(c3ccccc3-c3c(-c4cccc(N(c5ccccc5)c5ccccc5)c4)cccc32)c2ccc(-c3ccc(N(c4ccccc4)c4ccccc4)cc3)cc21.